The van der Waals surface area contributed by atoms with Gasteiger partial charge in [-0.3, -0.25) is 13.9 Å². The molecule has 0 aromatic heterocycles. The molecular weight excluding hydrogens is 500 g/mol. The van der Waals surface area contributed by atoms with Gasteiger partial charge >= 0.3 is 5.97 Å². The Bertz CT molecular complexity index is 1320. The number of carboxylic acid groups (broad SMARTS) is 1. The van der Waals surface area contributed by atoms with Gasteiger partial charge in [-0.05, 0) is 95.3 Å². The van der Waals surface area contributed by atoms with Crippen LogP contribution >= 0.6 is 10.6 Å². The van der Waals surface area contributed by atoms with Gasteiger partial charge < -0.3 is 14.6 Å². The minimum absolute atomic E-state index is 0.0340. The molecule has 3 aliphatic rings. The van der Waals surface area contributed by atoms with Crippen molar-refractivity contribution in [3.05, 3.63) is 82.9 Å². The molecule has 3 aromatic carbocycles. The Morgan fingerprint density at radius 3 is 2.34 bits per heavy atom. The maximum Gasteiger partial charge on any atom is 0.307 e. The highest BCUT2D eigenvalue weighted by molar-refractivity contribution is 8.24. The van der Waals surface area contributed by atoms with Gasteiger partial charge in [-0.2, -0.15) is 10.6 Å². The molecule has 6 rings (SSSR count). The second-order valence-electron chi connectivity index (χ2n) is 10.8. The number of hydrogen-bond donors (Lipinski definition) is 3. The van der Waals surface area contributed by atoms with E-state index in [9.17, 15) is 13.9 Å². The molecule has 2 fully saturated rings. The van der Waals surface area contributed by atoms with Crippen LogP contribution in [0.15, 0.2) is 60.7 Å². The molecule has 3 aromatic rings. The summed E-state index contributed by atoms with van der Waals surface area (Å²) in [5.41, 5.74) is 7.30. The molecule has 6 nitrogen and oxygen atoms in total. The van der Waals surface area contributed by atoms with E-state index in [1.807, 2.05) is 30.3 Å². The second kappa shape index (κ2) is 10.3. The topological polar surface area (TPSA) is 96.2 Å². The Morgan fingerprint density at radius 1 is 0.868 bits per heavy atom. The Balaban J connectivity index is 1.13. The van der Waals surface area contributed by atoms with Gasteiger partial charge in [0.25, 0.3) is 0 Å². The van der Waals surface area contributed by atoms with E-state index in [-0.39, 0.29) is 17.9 Å². The van der Waals surface area contributed by atoms with Gasteiger partial charge in [0, 0.05) is 24.3 Å². The van der Waals surface area contributed by atoms with Crippen LogP contribution in [0.4, 0.5) is 0 Å². The average molecular weight is 535 g/mol. The van der Waals surface area contributed by atoms with Crippen LogP contribution in [0.25, 0.3) is 11.1 Å². The average Bonchev–Trinajstić information content (AvgIpc) is 3.73. The molecule has 1 heterocycles. The summed E-state index contributed by atoms with van der Waals surface area (Å²) in [6, 6.07) is 20.8. The summed E-state index contributed by atoms with van der Waals surface area (Å²) in [7, 11) is -2.40. The second-order valence-corrected chi connectivity index (χ2v) is 13.3. The zero-order chi connectivity index (χ0) is 26.3. The minimum atomic E-state index is -2.40. The van der Waals surface area contributed by atoms with Crippen molar-refractivity contribution in [2.24, 2.45) is 5.92 Å². The molecule has 1 saturated heterocycles. The summed E-state index contributed by atoms with van der Waals surface area (Å²) >= 11 is 0. The number of carbonyl (C=O) groups is 1. The third kappa shape index (κ3) is 5.55. The number of ether oxygens (including phenoxy) is 2. The number of rotatable bonds is 7. The van der Waals surface area contributed by atoms with Gasteiger partial charge in [-0.25, -0.2) is 0 Å². The Hall–Kier alpha value is -3.00. The standard InChI is InChI=1S/C31H34O6S/c32-31(33)30-18-29(30)22-6-8-24(9-7-22)36-19-20-4-5-21-2-1-3-23-17-26(10-11-27(23)28(21)16-20)37-25-12-14-38(34,35)15-13-25/h4-11,16-17,25,29-30,34-35H,1-3,12-15,18-19H2,(H,32,33)/t29-,30+/m1/s1. The molecule has 1 aliphatic heterocycles. The lowest BCUT2D eigenvalue weighted by Gasteiger charge is -2.39. The van der Waals surface area contributed by atoms with E-state index < -0.39 is 16.6 Å². The van der Waals surface area contributed by atoms with E-state index in [1.54, 1.807) is 0 Å². The van der Waals surface area contributed by atoms with Crippen molar-refractivity contribution in [1.29, 1.82) is 0 Å². The zero-order valence-corrected chi connectivity index (χ0v) is 22.2. The fraction of sp³-hybridized carbons (Fsp3) is 0.387. The summed E-state index contributed by atoms with van der Waals surface area (Å²) in [4.78, 5) is 11.1. The van der Waals surface area contributed by atoms with Crippen LogP contribution in [0, 0.1) is 5.92 Å². The molecule has 0 spiro atoms. The third-order valence-electron chi connectivity index (χ3n) is 8.09. The highest BCUT2D eigenvalue weighted by atomic mass is 32.3. The van der Waals surface area contributed by atoms with Crippen LogP contribution < -0.4 is 9.47 Å². The lowest BCUT2D eigenvalue weighted by molar-refractivity contribution is -0.138. The molecule has 2 atom stereocenters. The maximum atomic E-state index is 11.1. The summed E-state index contributed by atoms with van der Waals surface area (Å²) in [5.74, 6) is 1.66. The molecule has 200 valence electrons. The molecule has 0 amide bonds. The van der Waals surface area contributed by atoms with Crippen molar-refractivity contribution in [2.45, 2.75) is 57.2 Å². The number of carboxylic acids is 1. The normalized spacial score (nSPS) is 22.9. The Labute approximate surface area is 225 Å². The highest BCUT2D eigenvalue weighted by Crippen LogP contribution is 2.48. The third-order valence-corrected chi connectivity index (χ3v) is 9.87. The van der Waals surface area contributed by atoms with Crippen molar-refractivity contribution >= 4 is 16.6 Å². The summed E-state index contributed by atoms with van der Waals surface area (Å²) in [5, 5.41) is 9.16. The van der Waals surface area contributed by atoms with E-state index in [1.165, 1.54) is 22.3 Å². The Morgan fingerprint density at radius 2 is 1.61 bits per heavy atom. The van der Waals surface area contributed by atoms with Gasteiger partial charge in [-0.15, -0.1) is 0 Å². The fourth-order valence-electron chi connectivity index (χ4n) is 5.78. The van der Waals surface area contributed by atoms with E-state index in [4.69, 9.17) is 14.6 Å². The van der Waals surface area contributed by atoms with Crippen molar-refractivity contribution in [3.8, 4) is 22.6 Å². The van der Waals surface area contributed by atoms with Gasteiger partial charge in [0.05, 0.1) is 5.92 Å². The van der Waals surface area contributed by atoms with E-state index in [2.05, 4.69) is 30.3 Å². The van der Waals surface area contributed by atoms with E-state index in [0.29, 0.717) is 31.0 Å². The van der Waals surface area contributed by atoms with Crippen LogP contribution in [-0.2, 0) is 24.2 Å². The van der Waals surface area contributed by atoms with Crippen molar-refractivity contribution < 1.29 is 28.5 Å². The van der Waals surface area contributed by atoms with Gasteiger partial charge in [-0.1, -0.05) is 30.3 Å². The summed E-state index contributed by atoms with van der Waals surface area (Å²) in [6.45, 7) is 0.463. The van der Waals surface area contributed by atoms with E-state index >= 15 is 0 Å². The monoisotopic (exact) mass is 534 g/mol. The van der Waals surface area contributed by atoms with Crippen molar-refractivity contribution in [1.82, 2.24) is 0 Å². The van der Waals surface area contributed by atoms with Crippen LogP contribution in [0.5, 0.6) is 11.5 Å². The molecular formula is C31H34O6S. The van der Waals surface area contributed by atoms with Gasteiger partial charge in [0.15, 0.2) is 0 Å². The maximum absolute atomic E-state index is 11.1. The quantitative estimate of drug-likeness (QED) is 0.305. The lowest BCUT2D eigenvalue weighted by atomic mass is 9.95. The number of benzene rings is 3. The number of hydrogen-bond acceptors (Lipinski definition) is 5. The van der Waals surface area contributed by atoms with Crippen LogP contribution in [0.2, 0.25) is 0 Å². The minimum Gasteiger partial charge on any atom is -0.490 e. The van der Waals surface area contributed by atoms with Crippen molar-refractivity contribution in [3.63, 3.8) is 0 Å². The molecule has 0 bridgehead atoms. The number of aliphatic carboxylic acids is 1. The van der Waals surface area contributed by atoms with Crippen molar-refractivity contribution in [2.75, 3.05) is 11.5 Å². The lowest BCUT2D eigenvalue weighted by Crippen LogP contribution is -2.28. The first kappa shape index (κ1) is 25.3. The first-order chi connectivity index (χ1) is 18.3. The number of fused-ring (bicyclic) bond motifs is 3. The highest BCUT2D eigenvalue weighted by Gasteiger charge is 2.44. The molecule has 38 heavy (non-hydrogen) atoms. The first-order valence-electron chi connectivity index (χ1n) is 13.5. The fourth-order valence-corrected chi connectivity index (χ4v) is 7.26. The predicted octanol–water partition coefficient (Wildman–Crippen LogP) is 6.90. The largest absolute Gasteiger partial charge is 0.490 e. The smallest absolute Gasteiger partial charge is 0.307 e. The summed E-state index contributed by atoms with van der Waals surface area (Å²) in [6.07, 6.45) is 5.22. The molecule has 3 N–H and O–H groups in total. The van der Waals surface area contributed by atoms with Crippen LogP contribution in [-0.4, -0.2) is 37.8 Å². The number of aryl methyl sites for hydroxylation is 2. The summed E-state index contributed by atoms with van der Waals surface area (Å²) < 4.78 is 32.1. The zero-order valence-electron chi connectivity index (χ0n) is 21.3. The predicted molar refractivity (Wildman–Crippen MR) is 149 cm³/mol. The molecule has 0 unspecified atom stereocenters. The molecule has 2 aliphatic carbocycles. The Kier molecular flexibility index (Phi) is 6.84. The first-order valence-corrected chi connectivity index (χ1v) is 15.3. The van der Waals surface area contributed by atoms with Gasteiger partial charge in [0.2, 0.25) is 0 Å². The van der Waals surface area contributed by atoms with Crippen LogP contribution in [0.3, 0.4) is 0 Å². The SMILES string of the molecule is O=C(O)[C@H]1C[C@@H]1c1ccc(OCc2ccc3c(c2)-c2ccc(OC4CCS(O)(O)CC4)cc2CCC3)cc1. The molecule has 7 heteroatoms. The van der Waals surface area contributed by atoms with Crippen LogP contribution in [0.1, 0.15) is 53.9 Å². The van der Waals surface area contributed by atoms with E-state index in [0.717, 1.165) is 48.3 Å². The van der Waals surface area contributed by atoms with Gasteiger partial charge in [0.1, 0.15) is 24.2 Å². The molecule has 1 saturated carbocycles. The molecule has 0 radical (unpaired) electrons.